The van der Waals surface area contributed by atoms with E-state index < -0.39 is 5.60 Å². The van der Waals surface area contributed by atoms with Crippen molar-refractivity contribution in [3.8, 4) is 0 Å². The number of carbonyl (C=O) groups excluding carboxylic acids is 1. The SMILES string of the molecule is CC(NC1CCN(C2CC2)C1)C(=O)OC(C)(C)C. The third-order valence-electron chi connectivity index (χ3n) is 3.53. The Balaban J connectivity index is 1.73. The smallest absolute Gasteiger partial charge is 0.323 e. The highest BCUT2D eigenvalue weighted by atomic mass is 16.6. The van der Waals surface area contributed by atoms with E-state index >= 15 is 0 Å². The minimum Gasteiger partial charge on any atom is -0.459 e. The first kappa shape index (κ1) is 13.8. The summed E-state index contributed by atoms with van der Waals surface area (Å²) < 4.78 is 5.38. The zero-order valence-electron chi connectivity index (χ0n) is 12.0. The second-order valence-corrected chi connectivity index (χ2v) is 6.63. The third kappa shape index (κ3) is 3.95. The number of hydrogen-bond donors (Lipinski definition) is 1. The van der Waals surface area contributed by atoms with Crippen LogP contribution < -0.4 is 5.32 Å². The second-order valence-electron chi connectivity index (χ2n) is 6.63. The van der Waals surface area contributed by atoms with Crippen LogP contribution in [0.3, 0.4) is 0 Å². The first-order valence-corrected chi connectivity index (χ1v) is 7.08. The molecule has 104 valence electrons. The zero-order valence-corrected chi connectivity index (χ0v) is 12.0. The maximum Gasteiger partial charge on any atom is 0.323 e. The van der Waals surface area contributed by atoms with E-state index in [1.165, 1.54) is 19.4 Å². The number of esters is 1. The summed E-state index contributed by atoms with van der Waals surface area (Å²) in [5, 5.41) is 3.40. The van der Waals surface area contributed by atoms with Crippen LogP contribution in [-0.2, 0) is 9.53 Å². The van der Waals surface area contributed by atoms with Crippen molar-refractivity contribution >= 4 is 5.97 Å². The van der Waals surface area contributed by atoms with Gasteiger partial charge in [0.2, 0.25) is 0 Å². The van der Waals surface area contributed by atoms with Crippen LogP contribution in [0.1, 0.15) is 47.0 Å². The van der Waals surface area contributed by atoms with Gasteiger partial charge in [-0.2, -0.15) is 0 Å². The normalized spacial score (nSPS) is 27.2. The molecule has 1 aliphatic heterocycles. The van der Waals surface area contributed by atoms with Crippen LogP contribution in [-0.4, -0.2) is 47.7 Å². The lowest BCUT2D eigenvalue weighted by Gasteiger charge is -2.24. The minimum absolute atomic E-state index is 0.146. The number of nitrogens with zero attached hydrogens (tertiary/aromatic N) is 1. The molecule has 1 N–H and O–H groups in total. The monoisotopic (exact) mass is 254 g/mol. The predicted molar refractivity (Wildman–Crippen MR) is 71.4 cm³/mol. The van der Waals surface area contributed by atoms with Gasteiger partial charge in [-0.3, -0.25) is 9.69 Å². The average molecular weight is 254 g/mol. The molecule has 4 heteroatoms. The Hall–Kier alpha value is -0.610. The molecule has 1 saturated carbocycles. The van der Waals surface area contributed by atoms with Crippen LogP contribution >= 0.6 is 0 Å². The van der Waals surface area contributed by atoms with E-state index in [0.29, 0.717) is 6.04 Å². The van der Waals surface area contributed by atoms with Gasteiger partial charge in [0, 0.05) is 25.2 Å². The van der Waals surface area contributed by atoms with Gasteiger partial charge in [-0.25, -0.2) is 0 Å². The molecule has 0 radical (unpaired) electrons. The fraction of sp³-hybridized carbons (Fsp3) is 0.929. The lowest BCUT2D eigenvalue weighted by Crippen LogP contribution is -2.45. The van der Waals surface area contributed by atoms with Crippen molar-refractivity contribution in [2.24, 2.45) is 0 Å². The third-order valence-corrected chi connectivity index (χ3v) is 3.53. The summed E-state index contributed by atoms with van der Waals surface area (Å²) >= 11 is 0. The fourth-order valence-corrected chi connectivity index (χ4v) is 2.51. The Morgan fingerprint density at radius 3 is 2.56 bits per heavy atom. The first-order valence-electron chi connectivity index (χ1n) is 7.08. The summed E-state index contributed by atoms with van der Waals surface area (Å²) in [5.74, 6) is -0.146. The van der Waals surface area contributed by atoms with E-state index in [1.807, 2.05) is 27.7 Å². The molecule has 1 aliphatic carbocycles. The summed E-state index contributed by atoms with van der Waals surface area (Å²) in [5.41, 5.74) is -0.400. The van der Waals surface area contributed by atoms with E-state index in [1.54, 1.807) is 0 Å². The van der Waals surface area contributed by atoms with Gasteiger partial charge in [0.1, 0.15) is 11.6 Å². The molecule has 0 aromatic rings. The number of carbonyl (C=O) groups is 1. The molecule has 0 spiro atoms. The lowest BCUT2D eigenvalue weighted by molar-refractivity contribution is -0.157. The minimum atomic E-state index is -0.400. The Kier molecular flexibility index (Phi) is 3.97. The maximum atomic E-state index is 11.9. The second kappa shape index (κ2) is 5.17. The van der Waals surface area contributed by atoms with Gasteiger partial charge in [0.25, 0.3) is 0 Å². The van der Waals surface area contributed by atoms with Gasteiger partial charge >= 0.3 is 5.97 Å². The Bertz CT molecular complexity index is 307. The summed E-state index contributed by atoms with van der Waals surface area (Å²) in [6.45, 7) is 9.86. The summed E-state index contributed by atoms with van der Waals surface area (Å²) in [6, 6.07) is 1.05. The molecule has 2 unspecified atom stereocenters. The number of likely N-dealkylation sites (tertiary alicyclic amines) is 1. The van der Waals surface area contributed by atoms with Crippen LogP contribution in [0.25, 0.3) is 0 Å². The van der Waals surface area contributed by atoms with E-state index in [2.05, 4.69) is 10.2 Å². The number of hydrogen-bond acceptors (Lipinski definition) is 4. The van der Waals surface area contributed by atoms with Crippen molar-refractivity contribution in [2.75, 3.05) is 13.1 Å². The molecule has 4 nitrogen and oxygen atoms in total. The fourth-order valence-electron chi connectivity index (χ4n) is 2.51. The Morgan fingerprint density at radius 2 is 2.00 bits per heavy atom. The van der Waals surface area contributed by atoms with Crippen LogP contribution in [0.2, 0.25) is 0 Å². The topological polar surface area (TPSA) is 41.6 Å². The molecule has 0 amide bonds. The van der Waals surface area contributed by atoms with Crippen molar-refractivity contribution in [2.45, 2.75) is 70.7 Å². The van der Waals surface area contributed by atoms with Crippen molar-refractivity contribution in [3.63, 3.8) is 0 Å². The molecular weight excluding hydrogens is 228 g/mol. The number of ether oxygens (including phenoxy) is 1. The quantitative estimate of drug-likeness (QED) is 0.773. The molecule has 2 fully saturated rings. The molecule has 1 heterocycles. The van der Waals surface area contributed by atoms with Gasteiger partial charge in [-0.1, -0.05) is 0 Å². The first-order chi connectivity index (χ1) is 8.35. The van der Waals surface area contributed by atoms with Crippen LogP contribution in [0, 0.1) is 0 Å². The predicted octanol–water partition coefficient (Wildman–Crippen LogP) is 1.54. The maximum absolute atomic E-state index is 11.9. The molecule has 0 aromatic carbocycles. The average Bonchev–Trinajstić information content (AvgIpc) is 2.98. The molecule has 2 rings (SSSR count). The summed E-state index contributed by atoms with van der Waals surface area (Å²) in [6.07, 6.45) is 3.85. The zero-order chi connectivity index (χ0) is 13.3. The lowest BCUT2D eigenvalue weighted by atomic mass is 10.2. The molecule has 2 atom stereocenters. The van der Waals surface area contributed by atoms with Crippen LogP contribution in [0.4, 0.5) is 0 Å². The number of rotatable bonds is 4. The van der Waals surface area contributed by atoms with E-state index in [-0.39, 0.29) is 12.0 Å². The molecule has 1 saturated heterocycles. The Morgan fingerprint density at radius 1 is 1.33 bits per heavy atom. The van der Waals surface area contributed by atoms with Crippen molar-refractivity contribution in [1.29, 1.82) is 0 Å². The molecular formula is C14H26N2O2. The van der Waals surface area contributed by atoms with E-state index in [4.69, 9.17) is 4.74 Å². The Labute approximate surface area is 110 Å². The van der Waals surface area contributed by atoms with Crippen LogP contribution in [0.5, 0.6) is 0 Å². The summed E-state index contributed by atoms with van der Waals surface area (Å²) in [4.78, 5) is 14.4. The van der Waals surface area contributed by atoms with Gasteiger partial charge in [0.05, 0.1) is 0 Å². The highest BCUT2D eigenvalue weighted by Crippen LogP contribution is 2.29. The summed E-state index contributed by atoms with van der Waals surface area (Å²) in [7, 11) is 0. The molecule has 0 bridgehead atoms. The van der Waals surface area contributed by atoms with Crippen molar-refractivity contribution in [1.82, 2.24) is 10.2 Å². The highest BCUT2D eigenvalue weighted by molar-refractivity contribution is 5.75. The standard InChI is InChI=1S/C14H26N2O2/c1-10(13(17)18-14(2,3)4)15-11-7-8-16(9-11)12-5-6-12/h10-12,15H,5-9H2,1-4H3. The van der Waals surface area contributed by atoms with Gasteiger partial charge in [-0.15, -0.1) is 0 Å². The number of nitrogens with one attached hydrogen (secondary N) is 1. The van der Waals surface area contributed by atoms with Crippen LogP contribution in [0.15, 0.2) is 0 Å². The molecule has 18 heavy (non-hydrogen) atoms. The van der Waals surface area contributed by atoms with Gasteiger partial charge in [-0.05, 0) is 47.0 Å². The van der Waals surface area contributed by atoms with Gasteiger partial charge < -0.3 is 10.1 Å². The molecule has 2 aliphatic rings. The van der Waals surface area contributed by atoms with Crippen molar-refractivity contribution < 1.29 is 9.53 Å². The molecule has 0 aromatic heterocycles. The van der Waals surface area contributed by atoms with Crippen molar-refractivity contribution in [3.05, 3.63) is 0 Å². The van der Waals surface area contributed by atoms with E-state index in [0.717, 1.165) is 19.0 Å². The largest absolute Gasteiger partial charge is 0.459 e. The van der Waals surface area contributed by atoms with Gasteiger partial charge in [0.15, 0.2) is 0 Å². The highest BCUT2D eigenvalue weighted by Gasteiger charge is 2.35. The van der Waals surface area contributed by atoms with E-state index in [9.17, 15) is 4.79 Å².